The second-order valence-electron chi connectivity index (χ2n) is 7.57. The lowest BCUT2D eigenvalue weighted by Gasteiger charge is -2.18. The fourth-order valence-corrected chi connectivity index (χ4v) is 3.26. The summed E-state index contributed by atoms with van der Waals surface area (Å²) in [6.07, 6.45) is 0. The van der Waals surface area contributed by atoms with E-state index in [9.17, 15) is 36.6 Å². The summed E-state index contributed by atoms with van der Waals surface area (Å²) in [4.78, 5) is 0. The van der Waals surface area contributed by atoms with Crippen molar-refractivity contribution in [2.45, 2.75) is 0 Å². The van der Waals surface area contributed by atoms with Crippen molar-refractivity contribution in [2.75, 3.05) is 11.5 Å². The SMILES string of the molecule is Nc1ccc(Oc2c(F)c(F)c(-c3c(F)c(F)c(F)c(F)c3Oc3ccc(N)c(O)c3)c(F)c2F)cc1O. The van der Waals surface area contributed by atoms with Crippen LogP contribution in [0.25, 0.3) is 11.1 Å². The zero-order valence-corrected chi connectivity index (χ0v) is 18.4. The average Bonchev–Trinajstić information content (AvgIpc) is 2.88. The molecule has 0 heterocycles. The molecular weight excluding hydrogens is 532 g/mol. The van der Waals surface area contributed by atoms with Crippen molar-refractivity contribution in [3.63, 3.8) is 0 Å². The molecule has 4 aromatic carbocycles. The van der Waals surface area contributed by atoms with E-state index < -0.39 is 92.2 Å². The van der Waals surface area contributed by atoms with Crippen LogP contribution in [0.1, 0.15) is 0 Å². The average molecular weight is 544 g/mol. The van der Waals surface area contributed by atoms with Crippen LogP contribution in [-0.2, 0) is 0 Å². The van der Waals surface area contributed by atoms with Crippen molar-refractivity contribution in [3.05, 3.63) is 82.9 Å². The first kappa shape index (κ1) is 26.2. The number of phenols is 2. The smallest absolute Gasteiger partial charge is 0.205 e. The van der Waals surface area contributed by atoms with E-state index in [0.29, 0.717) is 6.07 Å². The number of nitrogens with two attached hydrogens (primary N) is 2. The minimum Gasteiger partial charge on any atom is -0.506 e. The van der Waals surface area contributed by atoms with Crippen LogP contribution in [0, 0.1) is 46.5 Å². The maximum Gasteiger partial charge on any atom is 0.205 e. The number of benzene rings is 4. The molecule has 0 saturated heterocycles. The Morgan fingerprint density at radius 3 is 1.29 bits per heavy atom. The topological polar surface area (TPSA) is 111 Å². The molecule has 0 bridgehead atoms. The van der Waals surface area contributed by atoms with Crippen LogP contribution >= 0.6 is 0 Å². The molecule has 0 aliphatic rings. The van der Waals surface area contributed by atoms with Crippen LogP contribution in [0.4, 0.5) is 46.5 Å². The Bertz CT molecular complexity index is 1590. The third kappa shape index (κ3) is 4.29. The van der Waals surface area contributed by atoms with Gasteiger partial charge in [-0.15, -0.1) is 0 Å². The summed E-state index contributed by atoms with van der Waals surface area (Å²) < 4.78 is 127. The molecule has 6 nitrogen and oxygen atoms in total. The Labute approximate surface area is 206 Å². The van der Waals surface area contributed by atoms with Crippen LogP contribution < -0.4 is 20.9 Å². The first-order chi connectivity index (χ1) is 17.8. The second kappa shape index (κ2) is 9.53. The standard InChI is InChI=1S/C24H12F8N2O4/c25-15-13(16(26)21(31)24(20(15)30)38-8-2-4-10(34)12(36)6-8)14-17(27)18(28)19(29)22(32)23(14)37-7-1-3-9(33)11(35)5-7/h1-6,35-36H,33-34H2. The summed E-state index contributed by atoms with van der Waals surface area (Å²) in [5, 5.41) is 19.3. The Hall–Kier alpha value is -4.88. The highest BCUT2D eigenvalue weighted by Gasteiger charge is 2.36. The van der Waals surface area contributed by atoms with Crippen LogP contribution in [0.5, 0.6) is 34.5 Å². The van der Waals surface area contributed by atoms with Gasteiger partial charge in [0, 0.05) is 12.1 Å². The molecule has 0 amide bonds. The first-order valence-electron chi connectivity index (χ1n) is 10.1. The number of phenolic OH excluding ortho intramolecular Hbond substituents is 2. The summed E-state index contributed by atoms with van der Waals surface area (Å²) in [6, 6.07) is 5.35. The molecule has 4 rings (SSSR count). The number of halogens is 8. The van der Waals surface area contributed by atoms with E-state index in [1.807, 2.05) is 0 Å². The number of ether oxygens (including phenoxy) is 2. The molecule has 0 saturated carbocycles. The van der Waals surface area contributed by atoms with E-state index in [4.69, 9.17) is 20.9 Å². The van der Waals surface area contributed by atoms with Gasteiger partial charge in [-0.05, 0) is 24.3 Å². The predicted octanol–water partition coefficient (Wildman–Crippen LogP) is 6.63. The normalized spacial score (nSPS) is 11.1. The summed E-state index contributed by atoms with van der Waals surface area (Å²) >= 11 is 0. The van der Waals surface area contributed by atoms with E-state index in [2.05, 4.69) is 0 Å². The monoisotopic (exact) mass is 544 g/mol. The lowest BCUT2D eigenvalue weighted by Crippen LogP contribution is -2.09. The molecule has 0 spiro atoms. The van der Waals surface area contributed by atoms with Gasteiger partial charge in [0.2, 0.25) is 29.0 Å². The Kier molecular flexibility index (Phi) is 6.57. The molecule has 0 radical (unpaired) electrons. The van der Waals surface area contributed by atoms with Crippen LogP contribution in [0.2, 0.25) is 0 Å². The zero-order chi connectivity index (χ0) is 28.0. The third-order valence-corrected chi connectivity index (χ3v) is 5.14. The molecule has 38 heavy (non-hydrogen) atoms. The molecule has 0 fully saturated rings. The lowest BCUT2D eigenvalue weighted by atomic mass is 10.00. The van der Waals surface area contributed by atoms with Crippen molar-refractivity contribution in [1.29, 1.82) is 0 Å². The molecule has 0 atom stereocenters. The lowest BCUT2D eigenvalue weighted by molar-refractivity contribution is 0.360. The van der Waals surface area contributed by atoms with Crippen molar-refractivity contribution < 1.29 is 54.8 Å². The minimum atomic E-state index is -2.58. The Morgan fingerprint density at radius 2 is 0.842 bits per heavy atom. The molecule has 0 aliphatic carbocycles. The van der Waals surface area contributed by atoms with Crippen molar-refractivity contribution in [3.8, 4) is 45.6 Å². The van der Waals surface area contributed by atoms with Gasteiger partial charge in [0.25, 0.3) is 0 Å². The van der Waals surface area contributed by atoms with Crippen LogP contribution in [0.3, 0.4) is 0 Å². The van der Waals surface area contributed by atoms with Crippen molar-refractivity contribution in [1.82, 2.24) is 0 Å². The minimum absolute atomic E-state index is 0.177. The van der Waals surface area contributed by atoms with Crippen LogP contribution in [-0.4, -0.2) is 10.2 Å². The maximum absolute atomic E-state index is 15.1. The van der Waals surface area contributed by atoms with Gasteiger partial charge in [0.15, 0.2) is 29.0 Å². The number of rotatable bonds is 5. The van der Waals surface area contributed by atoms with Gasteiger partial charge in [0.1, 0.15) is 23.0 Å². The predicted molar refractivity (Wildman–Crippen MR) is 117 cm³/mol. The van der Waals surface area contributed by atoms with E-state index in [1.165, 1.54) is 0 Å². The van der Waals surface area contributed by atoms with Crippen LogP contribution in [0.15, 0.2) is 36.4 Å². The number of anilines is 2. The quantitative estimate of drug-likeness (QED) is 0.0739. The van der Waals surface area contributed by atoms with Gasteiger partial charge in [-0.1, -0.05) is 0 Å². The van der Waals surface area contributed by atoms with Gasteiger partial charge in [-0.2, -0.15) is 13.2 Å². The largest absolute Gasteiger partial charge is 0.506 e. The highest BCUT2D eigenvalue weighted by molar-refractivity contribution is 5.75. The van der Waals surface area contributed by atoms with Gasteiger partial charge in [-0.3, -0.25) is 0 Å². The number of hydrogen-bond donors (Lipinski definition) is 4. The van der Waals surface area contributed by atoms with Gasteiger partial charge < -0.3 is 31.2 Å². The summed E-state index contributed by atoms with van der Waals surface area (Å²) in [6.45, 7) is 0. The number of nitrogen functional groups attached to an aromatic ring is 2. The molecule has 0 aromatic heterocycles. The number of aromatic hydroxyl groups is 2. The van der Waals surface area contributed by atoms with E-state index >= 15 is 8.78 Å². The number of hydrogen-bond acceptors (Lipinski definition) is 6. The molecule has 198 valence electrons. The highest BCUT2D eigenvalue weighted by Crippen LogP contribution is 2.46. The van der Waals surface area contributed by atoms with Crippen molar-refractivity contribution in [2.24, 2.45) is 0 Å². The first-order valence-corrected chi connectivity index (χ1v) is 10.1. The maximum atomic E-state index is 15.1. The second-order valence-corrected chi connectivity index (χ2v) is 7.57. The van der Waals surface area contributed by atoms with Gasteiger partial charge in [0.05, 0.1) is 22.5 Å². The zero-order valence-electron chi connectivity index (χ0n) is 18.4. The highest BCUT2D eigenvalue weighted by atomic mass is 19.2. The van der Waals surface area contributed by atoms with Crippen molar-refractivity contribution >= 4 is 11.4 Å². The van der Waals surface area contributed by atoms with E-state index in [-0.39, 0.29) is 11.4 Å². The fourth-order valence-electron chi connectivity index (χ4n) is 3.26. The molecule has 14 heteroatoms. The van der Waals surface area contributed by atoms with Gasteiger partial charge >= 0.3 is 0 Å². The van der Waals surface area contributed by atoms with E-state index in [1.54, 1.807) is 0 Å². The Morgan fingerprint density at radius 1 is 0.474 bits per heavy atom. The van der Waals surface area contributed by atoms with Gasteiger partial charge in [-0.25, -0.2) is 22.0 Å². The summed E-state index contributed by atoms with van der Waals surface area (Å²) in [5.74, 6) is -25.2. The molecule has 6 N–H and O–H groups in total. The molecule has 0 aliphatic heterocycles. The Balaban J connectivity index is 1.95. The molecular formula is C24H12F8N2O4. The molecule has 4 aromatic rings. The van der Waals surface area contributed by atoms with E-state index in [0.717, 1.165) is 30.3 Å². The third-order valence-electron chi connectivity index (χ3n) is 5.14. The fraction of sp³-hybridized carbons (Fsp3) is 0. The summed E-state index contributed by atoms with van der Waals surface area (Å²) in [7, 11) is 0. The summed E-state index contributed by atoms with van der Waals surface area (Å²) in [5.41, 5.74) is 6.49. The molecule has 0 unspecified atom stereocenters.